The highest BCUT2D eigenvalue weighted by Crippen LogP contribution is 2.60. The average molecular weight is 475 g/mol. The third kappa shape index (κ3) is 6.62. The minimum Gasteiger partial charge on any atom is -0.790 e. The fourth-order valence-electron chi connectivity index (χ4n) is 2.29. The van der Waals surface area contributed by atoms with Crippen LogP contribution in [0.3, 0.4) is 0 Å². The van der Waals surface area contributed by atoms with Gasteiger partial charge in [-0.3, -0.25) is 18.0 Å². The Morgan fingerprint density at radius 3 is 2.31 bits per heavy atom. The van der Waals surface area contributed by atoms with Crippen LogP contribution in [-0.4, -0.2) is 38.6 Å². The number of anilines is 1. The first kappa shape index (κ1) is 24.0. The zero-order chi connectivity index (χ0) is 22.2. The lowest BCUT2D eigenvalue weighted by Crippen LogP contribution is -2.35. The molecule has 2 rings (SSSR count). The Morgan fingerprint density at radius 2 is 1.76 bits per heavy atom. The first-order valence-electron chi connectivity index (χ1n) is 7.23. The molecule has 0 aromatic carbocycles. The molecule has 1 aromatic heterocycles. The topological polar surface area (TPSA) is 273 Å². The van der Waals surface area contributed by atoms with Crippen molar-refractivity contribution in [3.63, 3.8) is 0 Å². The van der Waals surface area contributed by atoms with Crippen molar-refractivity contribution in [2.24, 2.45) is 0 Å². The summed E-state index contributed by atoms with van der Waals surface area (Å²) in [5, 5.41) is 20.0. The molecule has 0 radical (unpaired) electrons. The summed E-state index contributed by atoms with van der Waals surface area (Å²) in [6.07, 6.45) is -1.17. The first-order valence-corrected chi connectivity index (χ1v) is 11.6. The van der Waals surface area contributed by atoms with Gasteiger partial charge in [0, 0.05) is 6.20 Å². The first-order chi connectivity index (χ1) is 13.1. The van der Waals surface area contributed by atoms with Crippen molar-refractivity contribution in [3.8, 4) is 0 Å². The predicted molar refractivity (Wildman–Crippen MR) is 83.0 cm³/mol. The van der Waals surface area contributed by atoms with E-state index in [2.05, 4.69) is 18.1 Å². The lowest BCUT2D eigenvalue weighted by Gasteiger charge is -2.37. The Hall–Kier alpha value is -1.25. The van der Waals surface area contributed by atoms with Crippen LogP contribution >= 0.6 is 23.5 Å². The van der Waals surface area contributed by atoms with Crippen LogP contribution in [0.4, 0.5) is 5.82 Å². The van der Waals surface area contributed by atoms with E-state index in [1.165, 1.54) is 6.07 Å². The molecule has 0 aliphatic heterocycles. The van der Waals surface area contributed by atoms with Crippen LogP contribution in [0.1, 0.15) is 6.04 Å². The van der Waals surface area contributed by atoms with Gasteiger partial charge in [0.25, 0.3) is 15.6 Å². The van der Waals surface area contributed by atoms with Crippen LogP contribution in [0.15, 0.2) is 28.7 Å². The Kier molecular flexibility index (Phi) is 7.02. The summed E-state index contributed by atoms with van der Waals surface area (Å²) in [6, 6.07) is 0.0239. The summed E-state index contributed by atoms with van der Waals surface area (Å²) >= 11 is 0. The summed E-state index contributed by atoms with van der Waals surface area (Å²) in [6.45, 7) is -1.06. The largest absolute Gasteiger partial charge is 0.790 e. The Balaban J connectivity index is 2.12. The van der Waals surface area contributed by atoms with Crippen LogP contribution in [0.25, 0.3) is 0 Å². The van der Waals surface area contributed by atoms with E-state index < -0.39 is 54.0 Å². The van der Waals surface area contributed by atoms with E-state index in [9.17, 15) is 48.3 Å². The van der Waals surface area contributed by atoms with E-state index in [1.54, 1.807) is 0 Å². The van der Waals surface area contributed by atoms with Crippen molar-refractivity contribution in [1.29, 1.82) is 0 Å². The SMILES string of the molecule is Nc1ccn(C2C=C(COP(=O)([O-])OP(=O)([O-])OP(=O)([O-])[O-])C(O)C2O)c(=O)n1. The summed E-state index contributed by atoms with van der Waals surface area (Å²) in [5.41, 5.74) is 4.15. The summed E-state index contributed by atoms with van der Waals surface area (Å²) < 4.78 is 44.3. The molecule has 29 heavy (non-hydrogen) atoms. The van der Waals surface area contributed by atoms with Crippen molar-refractivity contribution in [3.05, 3.63) is 34.4 Å². The molecule has 0 saturated heterocycles. The predicted octanol–water partition coefficient (Wildman–Crippen LogP) is -4.16. The third-order valence-electron chi connectivity index (χ3n) is 3.40. The Labute approximate surface area is 161 Å². The monoisotopic (exact) mass is 475 g/mol. The number of hydrogen-bond acceptors (Lipinski definition) is 15. The lowest BCUT2D eigenvalue weighted by atomic mass is 10.1. The van der Waals surface area contributed by atoms with Crippen molar-refractivity contribution < 1.29 is 56.6 Å². The number of phosphoric acid groups is 3. The molecule has 1 aliphatic rings. The number of phosphoric ester groups is 1. The maximum Gasteiger partial charge on any atom is 0.350 e. The third-order valence-corrected chi connectivity index (χ3v) is 7.05. The number of nitrogens with two attached hydrogens (primary N) is 1. The van der Waals surface area contributed by atoms with Crippen molar-refractivity contribution >= 4 is 29.3 Å². The normalized spacial score (nSPS) is 26.6. The zero-order valence-corrected chi connectivity index (χ0v) is 16.6. The van der Waals surface area contributed by atoms with Gasteiger partial charge >= 0.3 is 5.69 Å². The zero-order valence-electron chi connectivity index (χ0n) is 13.9. The quantitative estimate of drug-likeness (QED) is 0.238. The molecule has 0 bridgehead atoms. The second kappa shape index (κ2) is 8.47. The molecule has 4 N–H and O–H groups in total. The van der Waals surface area contributed by atoms with Gasteiger partial charge < -0.3 is 44.6 Å². The molecular formula is C10H12N3O13P3-4. The minimum atomic E-state index is -6.13. The Bertz CT molecular complexity index is 1000. The number of hydrogen-bond donors (Lipinski definition) is 3. The number of nitrogens with zero attached hydrogens (tertiary/aromatic N) is 2. The molecule has 5 atom stereocenters. The van der Waals surface area contributed by atoms with Gasteiger partial charge in [-0.15, -0.1) is 0 Å². The van der Waals surface area contributed by atoms with E-state index in [-0.39, 0.29) is 11.4 Å². The maximum absolute atomic E-state index is 11.8. The number of nitrogen functional groups attached to an aromatic ring is 1. The smallest absolute Gasteiger partial charge is 0.350 e. The molecule has 19 heteroatoms. The second-order valence-corrected chi connectivity index (χ2v) is 9.74. The van der Waals surface area contributed by atoms with Gasteiger partial charge in [-0.1, -0.05) is 6.08 Å². The molecule has 164 valence electrons. The van der Waals surface area contributed by atoms with Crippen LogP contribution < -0.4 is 31.0 Å². The van der Waals surface area contributed by atoms with Crippen LogP contribution in [0.2, 0.25) is 0 Å². The van der Waals surface area contributed by atoms with Crippen LogP contribution in [0, 0.1) is 0 Å². The van der Waals surface area contributed by atoms with Gasteiger partial charge in [0.05, 0.1) is 20.5 Å². The van der Waals surface area contributed by atoms with Crippen molar-refractivity contribution in [2.45, 2.75) is 18.2 Å². The second-order valence-electron chi connectivity index (χ2n) is 5.49. The van der Waals surface area contributed by atoms with Gasteiger partial charge in [-0.05, 0) is 11.6 Å². The molecule has 0 amide bonds. The van der Waals surface area contributed by atoms with E-state index in [0.29, 0.717) is 0 Å². The van der Waals surface area contributed by atoms with E-state index in [1.807, 2.05) is 0 Å². The van der Waals surface area contributed by atoms with E-state index in [0.717, 1.165) is 16.8 Å². The van der Waals surface area contributed by atoms with Gasteiger partial charge in [-0.2, -0.15) is 4.98 Å². The van der Waals surface area contributed by atoms with Crippen molar-refractivity contribution in [1.82, 2.24) is 9.55 Å². The van der Waals surface area contributed by atoms with Gasteiger partial charge in [-0.25, -0.2) is 9.11 Å². The molecule has 0 saturated carbocycles. The van der Waals surface area contributed by atoms with Gasteiger partial charge in [0.1, 0.15) is 18.0 Å². The molecular weight excluding hydrogens is 463 g/mol. The van der Waals surface area contributed by atoms with E-state index >= 15 is 0 Å². The highest BCUT2D eigenvalue weighted by Gasteiger charge is 2.37. The molecule has 5 unspecified atom stereocenters. The number of aliphatic hydroxyl groups is 2. The highest BCUT2D eigenvalue weighted by molar-refractivity contribution is 7.64. The number of aromatic nitrogens is 2. The number of rotatable bonds is 8. The molecule has 1 heterocycles. The van der Waals surface area contributed by atoms with Crippen LogP contribution in [-0.2, 0) is 26.8 Å². The van der Waals surface area contributed by atoms with Gasteiger partial charge in [0.15, 0.2) is 0 Å². The van der Waals surface area contributed by atoms with Crippen molar-refractivity contribution in [2.75, 3.05) is 12.3 Å². The fourth-order valence-corrected chi connectivity index (χ4v) is 5.13. The summed E-state index contributed by atoms with van der Waals surface area (Å²) in [5.74, 6) is -0.110. The molecule has 1 aromatic rings. The molecule has 1 aliphatic carbocycles. The maximum atomic E-state index is 11.8. The average Bonchev–Trinajstić information content (AvgIpc) is 2.78. The summed E-state index contributed by atoms with van der Waals surface area (Å²) in [4.78, 5) is 58.3. The molecule has 16 nitrogen and oxygen atoms in total. The standard InChI is InChI=1S/C10H16N3O13P3/c11-7-1-2-13(10(16)12-7)6-3-5(8(14)9(6)15)4-24-28(20,21)26-29(22,23)25-27(17,18)19/h1-3,6,8-9,14-15H,4H2,(H,20,21)(H,22,23)(H2,11,12,16)(H2,17,18,19)/p-4. The van der Waals surface area contributed by atoms with Crippen LogP contribution in [0.5, 0.6) is 0 Å². The Morgan fingerprint density at radius 1 is 1.14 bits per heavy atom. The van der Waals surface area contributed by atoms with Gasteiger partial charge in [0.2, 0.25) is 0 Å². The molecule has 0 fully saturated rings. The highest BCUT2D eigenvalue weighted by atomic mass is 31.3. The lowest BCUT2D eigenvalue weighted by molar-refractivity contribution is -0.339. The number of aliphatic hydroxyl groups excluding tert-OH is 2. The fraction of sp³-hybridized carbons (Fsp3) is 0.400. The summed E-state index contributed by atoms with van der Waals surface area (Å²) in [7, 11) is -18.0. The minimum absolute atomic E-state index is 0.110. The van der Waals surface area contributed by atoms with E-state index in [4.69, 9.17) is 5.73 Å². The molecule has 0 spiro atoms.